The SMILES string of the molecule is CCOc1cc(C2/C(=C(\O)c3cc(Cl)cc(Cl)c3OC)C(=O)C(=O)N2c2ccc3c(c2)OCO3)ccc1O. The number of methoxy groups -OCH3 is 1. The van der Waals surface area contributed by atoms with Crippen molar-refractivity contribution in [3.63, 3.8) is 0 Å². The molecule has 1 saturated heterocycles. The van der Waals surface area contributed by atoms with E-state index >= 15 is 0 Å². The third-order valence-electron chi connectivity index (χ3n) is 6.15. The van der Waals surface area contributed by atoms with E-state index in [1.165, 1.54) is 42.3 Å². The molecule has 2 aliphatic heterocycles. The van der Waals surface area contributed by atoms with Crippen molar-refractivity contribution >= 4 is 46.3 Å². The Labute approximate surface area is 227 Å². The molecular formula is C27H21Cl2NO8. The number of halogens is 2. The number of carbonyl (C=O) groups excluding carboxylic acids is 2. The Hall–Kier alpha value is -4.08. The van der Waals surface area contributed by atoms with Crippen LogP contribution >= 0.6 is 23.2 Å². The van der Waals surface area contributed by atoms with Crippen LogP contribution in [-0.2, 0) is 9.59 Å². The summed E-state index contributed by atoms with van der Waals surface area (Å²) in [6.07, 6.45) is 0. The van der Waals surface area contributed by atoms with Crippen molar-refractivity contribution in [2.45, 2.75) is 13.0 Å². The number of hydrogen-bond donors (Lipinski definition) is 2. The van der Waals surface area contributed by atoms with E-state index in [1.807, 2.05) is 0 Å². The first-order chi connectivity index (χ1) is 18.2. The van der Waals surface area contributed by atoms with Gasteiger partial charge in [-0.1, -0.05) is 29.3 Å². The van der Waals surface area contributed by atoms with Crippen molar-refractivity contribution in [1.29, 1.82) is 0 Å². The summed E-state index contributed by atoms with van der Waals surface area (Å²) in [6.45, 7) is 2.03. The lowest BCUT2D eigenvalue weighted by molar-refractivity contribution is -0.132. The number of aromatic hydroxyl groups is 1. The Balaban J connectivity index is 1.77. The highest BCUT2D eigenvalue weighted by Crippen LogP contribution is 2.47. The second kappa shape index (κ2) is 10.00. The minimum Gasteiger partial charge on any atom is -0.507 e. The van der Waals surface area contributed by atoms with Crippen LogP contribution in [0.25, 0.3) is 5.76 Å². The Kier molecular flexibility index (Phi) is 6.73. The first kappa shape index (κ1) is 25.6. The standard InChI is InChI=1S/C27H21Cl2NO8/c1-3-36-20-8-13(4-6-18(20)31)23-22(24(32)16-9-14(28)10-17(29)26(16)35-2)25(33)27(34)30(23)15-5-7-19-21(11-15)38-12-37-19/h4-11,23,31-32H,3,12H2,1-2H3/b24-22+. The first-order valence-corrected chi connectivity index (χ1v) is 12.2. The zero-order valence-corrected chi connectivity index (χ0v) is 21.7. The molecule has 0 saturated carbocycles. The number of benzene rings is 3. The average molecular weight is 558 g/mol. The molecule has 0 spiro atoms. The van der Waals surface area contributed by atoms with E-state index in [9.17, 15) is 19.8 Å². The highest BCUT2D eigenvalue weighted by molar-refractivity contribution is 6.52. The number of ketones is 1. The van der Waals surface area contributed by atoms with E-state index in [-0.39, 0.29) is 51.8 Å². The first-order valence-electron chi connectivity index (χ1n) is 11.4. The van der Waals surface area contributed by atoms with Crippen LogP contribution in [0.5, 0.6) is 28.7 Å². The maximum atomic E-state index is 13.5. The monoisotopic (exact) mass is 557 g/mol. The number of nitrogens with zero attached hydrogens (tertiary/aromatic N) is 1. The molecule has 5 rings (SSSR count). The van der Waals surface area contributed by atoms with Gasteiger partial charge in [0.2, 0.25) is 6.79 Å². The van der Waals surface area contributed by atoms with Crippen LogP contribution in [0, 0.1) is 0 Å². The van der Waals surface area contributed by atoms with Crippen LogP contribution in [0.15, 0.2) is 54.1 Å². The van der Waals surface area contributed by atoms with Gasteiger partial charge in [0.25, 0.3) is 11.7 Å². The molecule has 1 amide bonds. The van der Waals surface area contributed by atoms with Gasteiger partial charge in [-0.15, -0.1) is 0 Å². The normalized spacial score (nSPS) is 17.7. The number of ether oxygens (including phenoxy) is 4. The minimum absolute atomic E-state index is 0.0199. The Morgan fingerprint density at radius 3 is 2.58 bits per heavy atom. The van der Waals surface area contributed by atoms with Gasteiger partial charge < -0.3 is 29.2 Å². The van der Waals surface area contributed by atoms with Crippen LogP contribution in [0.2, 0.25) is 10.0 Å². The summed E-state index contributed by atoms with van der Waals surface area (Å²) in [7, 11) is 1.35. The topological polar surface area (TPSA) is 115 Å². The molecule has 2 heterocycles. The molecule has 2 aliphatic rings. The summed E-state index contributed by atoms with van der Waals surface area (Å²) in [6, 6.07) is 10.9. The second-order valence-electron chi connectivity index (χ2n) is 8.34. The number of phenolic OH excluding ortho intramolecular Hbond substituents is 1. The lowest BCUT2D eigenvalue weighted by Crippen LogP contribution is -2.29. The van der Waals surface area contributed by atoms with Gasteiger partial charge in [-0.2, -0.15) is 0 Å². The second-order valence-corrected chi connectivity index (χ2v) is 9.18. The molecule has 1 fully saturated rings. The Bertz CT molecular complexity index is 1500. The molecule has 2 N–H and O–H groups in total. The number of anilines is 1. The summed E-state index contributed by atoms with van der Waals surface area (Å²) in [5.41, 5.74) is 0.499. The van der Waals surface area contributed by atoms with E-state index in [1.54, 1.807) is 25.1 Å². The highest BCUT2D eigenvalue weighted by atomic mass is 35.5. The number of phenols is 1. The molecular weight excluding hydrogens is 537 g/mol. The van der Waals surface area contributed by atoms with Gasteiger partial charge >= 0.3 is 0 Å². The largest absolute Gasteiger partial charge is 0.507 e. The fourth-order valence-corrected chi connectivity index (χ4v) is 5.08. The third kappa shape index (κ3) is 4.23. The van der Waals surface area contributed by atoms with Crippen molar-refractivity contribution in [3.05, 3.63) is 75.3 Å². The van der Waals surface area contributed by atoms with E-state index in [4.69, 9.17) is 42.1 Å². The van der Waals surface area contributed by atoms with Crippen LogP contribution in [-0.4, -0.2) is 42.4 Å². The van der Waals surface area contributed by atoms with Crippen LogP contribution in [0.4, 0.5) is 5.69 Å². The van der Waals surface area contributed by atoms with Gasteiger partial charge in [0.15, 0.2) is 23.0 Å². The molecule has 0 radical (unpaired) electrons. The fraction of sp³-hybridized carbons (Fsp3) is 0.185. The number of amides is 1. The number of Topliss-reactive ketones (excluding diaryl/α,β-unsaturated/α-hetero) is 1. The predicted molar refractivity (Wildman–Crippen MR) is 140 cm³/mol. The molecule has 3 aromatic rings. The number of rotatable bonds is 6. The van der Waals surface area contributed by atoms with Gasteiger partial charge in [0, 0.05) is 16.8 Å². The number of aliphatic hydroxyl groups is 1. The van der Waals surface area contributed by atoms with E-state index in [2.05, 4.69) is 0 Å². The van der Waals surface area contributed by atoms with Crippen molar-refractivity contribution < 1.29 is 38.7 Å². The predicted octanol–water partition coefficient (Wildman–Crippen LogP) is 5.46. The van der Waals surface area contributed by atoms with Crippen molar-refractivity contribution in [2.24, 2.45) is 0 Å². The lowest BCUT2D eigenvalue weighted by Gasteiger charge is -2.26. The molecule has 0 bridgehead atoms. The summed E-state index contributed by atoms with van der Waals surface area (Å²) in [4.78, 5) is 28.2. The van der Waals surface area contributed by atoms with E-state index in [0.29, 0.717) is 22.7 Å². The molecule has 3 aromatic carbocycles. The van der Waals surface area contributed by atoms with Crippen LogP contribution in [0.1, 0.15) is 24.1 Å². The smallest absolute Gasteiger partial charge is 0.300 e. The van der Waals surface area contributed by atoms with E-state index < -0.39 is 23.5 Å². The average Bonchev–Trinajstić information content (AvgIpc) is 3.46. The van der Waals surface area contributed by atoms with Crippen molar-refractivity contribution in [2.75, 3.05) is 25.4 Å². The summed E-state index contributed by atoms with van der Waals surface area (Å²) < 4.78 is 21.7. The zero-order valence-electron chi connectivity index (χ0n) is 20.2. The number of hydrogen-bond acceptors (Lipinski definition) is 8. The van der Waals surface area contributed by atoms with Crippen molar-refractivity contribution in [1.82, 2.24) is 0 Å². The fourth-order valence-electron chi connectivity index (χ4n) is 4.51. The Morgan fingerprint density at radius 1 is 1.08 bits per heavy atom. The van der Waals surface area contributed by atoms with Gasteiger partial charge in [0.05, 0.1) is 35.9 Å². The minimum atomic E-state index is -1.13. The van der Waals surface area contributed by atoms with E-state index in [0.717, 1.165) is 0 Å². The zero-order chi connectivity index (χ0) is 27.1. The summed E-state index contributed by atoms with van der Waals surface area (Å²) in [5, 5.41) is 22.1. The molecule has 9 nitrogen and oxygen atoms in total. The highest BCUT2D eigenvalue weighted by Gasteiger charge is 2.48. The number of aliphatic hydroxyl groups excluding tert-OH is 1. The quantitative estimate of drug-likeness (QED) is 0.233. The number of fused-ring (bicyclic) bond motifs is 1. The molecule has 1 atom stereocenters. The molecule has 0 aromatic heterocycles. The van der Waals surface area contributed by atoms with Crippen LogP contribution in [0.3, 0.4) is 0 Å². The van der Waals surface area contributed by atoms with Gasteiger partial charge in [-0.05, 0) is 48.9 Å². The summed E-state index contributed by atoms with van der Waals surface area (Å²) in [5.74, 6) is -1.41. The number of carbonyl (C=O) groups is 2. The maximum absolute atomic E-state index is 13.5. The Morgan fingerprint density at radius 2 is 1.84 bits per heavy atom. The molecule has 196 valence electrons. The van der Waals surface area contributed by atoms with Gasteiger partial charge in [-0.25, -0.2) is 0 Å². The lowest BCUT2D eigenvalue weighted by atomic mass is 9.94. The summed E-state index contributed by atoms with van der Waals surface area (Å²) >= 11 is 12.5. The van der Waals surface area contributed by atoms with Crippen molar-refractivity contribution in [3.8, 4) is 28.7 Å². The maximum Gasteiger partial charge on any atom is 0.300 e. The van der Waals surface area contributed by atoms with Crippen LogP contribution < -0.4 is 23.8 Å². The molecule has 11 heteroatoms. The molecule has 1 unspecified atom stereocenters. The van der Waals surface area contributed by atoms with Gasteiger partial charge in [0.1, 0.15) is 11.5 Å². The molecule has 0 aliphatic carbocycles. The van der Waals surface area contributed by atoms with Gasteiger partial charge in [-0.3, -0.25) is 14.5 Å². The molecule has 38 heavy (non-hydrogen) atoms. The third-order valence-corrected chi connectivity index (χ3v) is 6.64.